The number of hydrogen-bond donors (Lipinski definition) is 4. The number of fused-ring (bicyclic) bond motifs is 3. The minimum absolute atomic E-state index is 0.0236. The fourth-order valence-corrected chi connectivity index (χ4v) is 5.23. The van der Waals surface area contributed by atoms with Crippen LogP contribution in [0.2, 0.25) is 0 Å². The second kappa shape index (κ2) is 13.9. The Bertz CT molecular complexity index is 1310. The van der Waals surface area contributed by atoms with Crippen molar-refractivity contribution in [3.63, 3.8) is 0 Å². The van der Waals surface area contributed by atoms with Crippen molar-refractivity contribution in [2.45, 2.75) is 44.7 Å². The first-order valence-electron chi connectivity index (χ1n) is 14.1. The highest BCUT2D eigenvalue weighted by Gasteiger charge is 2.30. The lowest BCUT2D eigenvalue weighted by molar-refractivity contribution is 0.0933. The van der Waals surface area contributed by atoms with Crippen molar-refractivity contribution in [2.24, 2.45) is 11.7 Å². The number of carbonyl (C=O) groups excluding carboxylic acids is 3. The Morgan fingerprint density at radius 3 is 2.12 bits per heavy atom. The van der Waals surface area contributed by atoms with Crippen LogP contribution in [0.4, 0.5) is 9.59 Å². The number of ketones is 1. The molecular formula is C33H39N4O4. The molecule has 3 aromatic carbocycles. The lowest BCUT2D eigenvalue weighted by Gasteiger charge is -2.26. The summed E-state index contributed by atoms with van der Waals surface area (Å²) in [7, 11) is 0. The van der Waals surface area contributed by atoms with Crippen LogP contribution in [-0.2, 0) is 4.74 Å². The van der Waals surface area contributed by atoms with Gasteiger partial charge in [0.1, 0.15) is 6.61 Å². The van der Waals surface area contributed by atoms with Gasteiger partial charge in [-0.05, 0) is 53.5 Å². The third kappa shape index (κ3) is 7.73. The average Bonchev–Trinajstić information content (AvgIpc) is 3.28. The van der Waals surface area contributed by atoms with E-state index in [0.29, 0.717) is 31.5 Å². The molecule has 1 aliphatic carbocycles. The van der Waals surface area contributed by atoms with Crippen molar-refractivity contribution in [2.75, 3.05) is 19.7 Å². The molecule has 0 heterocycles. The highest BCUT2D eigenvalue weighted by molar-refractivity contribution is 6.00. The Morgan fingerprint density at radius 2 is 1.54 bits per heavy atom. The molecule has 0 fully saturated rings. The van der Waals surface area contributed by atoms with E-state index in [4.69, 9.17) is 10.5 Å². The molecule has 3 aromatic rings. The number of alkyl carbamates (subject to hydrolysis) is 1. The normalized spacial score (nSPS) is 13.7. The molecule has 8 nitrogen and oxygen atoms in total. The second-order valence-corrected chi connectivity index (χ2v) is 10.8. The first-order valence-corrected chi connectivity index (χ1v) is 14.1. The lowest BCUT2D eigenvalue weighted by atomic mass is 9.97. The SMILES string of the molecule is [CH2]c1ccc(C(=O)[C@H](CCCNC(N)=O)NC[C@@H](NC(=O)OCC2c3ccccc3-c3ccccc32)C(C)C)cc1. The summed E-state index contributed by atoms with van der Waals surface area (Å²) >= 11 is 0. The van der Waals surface area contributed by atoms with Gasteiger partial charge in [-0.3, -0.25) is 4.79 Å². The summed E-state index contributed by atoms with van der Waals surface area (Å²) in [4.78, 5) is 37.3. The number of nitrogens with one attached hydrogen (secondary N) is 3. The van der Waals surface area contributed by atoms with Gasteiger partial charge in [-0.2, -0.15) is 0 Å². The number of benzene rings is 3. The van der Waals surface area contributed by atoms with Crippen LogP contribution in [0.3, 0.4) is 0 Å². The minimum Gasteiger partial charge on any atom is -0.449 e. The molecule has 0 spiro atoms. The number of urea groups is 1. The van der Waals surface area contributed by atoms with Crippen molar-refractivity contribution in [1.82, 2.24) is 16.0 Å². The van der Waals surface area contributed by atoms with E-state index in [-0.39, 0.29) is 30.3 Å². The quantitative estimate of drug-likeness (QED) is 0.174. The molecule has 5 N–H and O–H groups in total. The van der Waals surface area contributed by atoms with Crippen LogP contribution in [0, 0.1) is 12.8 Å². The molecule has 3 amide bonds. The predicted molar refractivity (Wildman–Crippen MR) is 161 cm³/mol. The molecule has 4 rings (SSSR count). The standard InChI is InChI=1S/C33H39N4O4/c1-21(2)30(19-36-29(13-8-18-35-32(34)39)31(38)23-16-14-22(3)15-17-23)37-33(40)41-20-28-26-11-6-4-9-24(26)25-10-5-7-12-27(25)28/h4-7,9-12,14-17,21,28-30,36H,3,8,13,18-20H2,1-2H3,(H,37,40)(H3,34,35,39)/t29-,30+/m0/s1. The third-order valence-corrected chi connectivity index (χ3v) is 7.56. The highest BCUT2D eigenvalue weighted by atomic mass is 16.5. The van der Waals surface area contributed by atoms with E-state index in [1.807, 2.05) is 38.1 Å². The zero-order valence-electron chi connectivity index (χ0n) is 23.7. The van der Waals surface area contributed by atoms with Crippen molar-refractivity contribution in [1.29, 1.82) is 0 Å². The monoisotopic (exact) mass is 555 g/mol. The number of nitrogens with two attached hydrogens (primary N) is 1. The molecule has 215 valence electrons. The Hall–Kier alpha value is -4.17. The highest BCUT2D eigenvalue weighted by Crippen LogP contribution is 2.44. The maximum atomic E-state index is 13.3. The average molecular weight is 556 g/mol. The molecule has 0 unspecified atom stereocenters. The zero-order chi connectivity index (χ0) is 29.4. The van der Waals surface area contributed by atoms with Crippen LogP contribution in [0.1, 0.15) is 59.7 Å². The predicted octanol–water partition coefficient (Wildman–Crippen LogP) is 5.02. The van der Waals surface area contributed by atoms with Gasteiger partial charge in [0.25, 0.3) is 0 Å². The second-order valence-electron chi connectivity index (χ2n) is 10.8. The molecule has 2 atom stereocenters. The number of amides is 3. The summed E-state index contributed by atoms with van der Waals surface area (Å²) in [6, 6.07) is 22.2. The van der Waals surface area contributed by atoms with Crippen molar-refractivity contribution in [3.05, 3.63) is 102 Å². The first-order chi connectivity index (χ1) is 19.7. The van der Waals surface area contributed by atoms with Crippen LogP contribution in [0.25, 0.3) is 11.1 Å². The van der Waals surface area contributed by atoms with Gasteiger partial charge in [0, 0.05) is 30.6 Å². The molecule has 0 saturated heterocycles. The van der Waals surface area contributed by atoms with Gasteiger partial charge in [0.15, 0.2) is 5.78 Å². The van der Waals surface area contributed by atoms with Gasteiger partial charge in [-0.15, -0.1) is 0 Å². The number of hydrogen-bond acceptors (Lipinski definition) is 5. The summed E-state index contributed by atoms with van der Waals surface area (Å²) in [5.41, 5.74) is 11.2. The molecule has 1 aliphatic rings. The Morgan fingerprint density at radius 1 is 0.927 bits per heavy atom. The fraction of sp³-hybridized carbons (Fsp3) is 0.333. The third-order valence-electron chi connectivity index (χ3n) is 7.56. The van der Waals surface area contributed by atoms with Gasteiger partial charge in [0.05, 0.1) is 6.04 Å². The summed E-state index contributed by atoms with van der Waals surface area (Å²) in [5, 5.41) is 8.91. The van der Waals surface area contributed by atoms with Crippen LogP contribution in [0.5, 0.6) is 0 Å². The van der Waals surface area contributed by atoms with Gasteiger partial charge < -0.3 is 26.4 Å². The van der Waals surface area contributed by atoms with E-state index in [1.165, 1.54) is 11.1 Å². The smallest absolute Gasteiger partial charge is 0.407 e. The van der Waals surface area contributed by atoms with Crippen LogP contribution in [-0.4, -0.2) is 49.7 Å². The van der Waals surface area contributed by atoms with Crippen LogP contribution < -0.4 is 21.7 Å². The van der Waals surface area contributed by atoms with Gasteiger partial charge in [-0.1, -0.05) is 86.6 Å². The van der Waals surface area contributed by atoms with E-state index in [0.717, 1.165) is 16.7 Å². The first kappa shape index (κ1) is 29.8. The number of primary amides is 1. The maximum Gasteiger partial charge on any atom is 0.407 e. The fourth-order valence-electron chi connectivity index (χ4n) is 5.23. The summed E-state index contributed by atoms with van der Waals surface area (Å²) in [6.07, 6.45) is 0.555. The van der Waals surface area contributed by atoms with Crippen molar-refractivity contribution < 1.29 is 19.1 Å². The molecule has 41 heavy (non-hydrogen) atoms. The molecule has 1 radical (unpaired) electrons. The summed E-state index contributed by atoms with van der Waals surface area (Å²) in [5.74, 6) is -0.00192. The zero-order valence-corrected chi connectivity index (χ0v) is 23.7. The van der Waals surface area contributed by atoms with Gasteiger partial charge in [-0.25, -0.2) is 9.59 Å². The van der Waals surface area contributed by atoms with E-state index in [9.17, 15) is 14.4 Å². The summed E-state index contributed by atoms with van der Waals surface area (Å²) in [6.45, 7) is 8.87. The van der Waals surface area contributed by atoms with Crippen LogP contribution >= 0.6 is 0 Å². The Kier molecular flexibility index (Phi) is 10.1. The molecule has 0 aromatic heterocycles. The van der Waals surface area contributed by atoms with Crippen molar-refractivity contribution in [3.8, 4) is 11.1 Å². The number of Topliss-reactive ketones (excluding diaryl/α,β-unsaturated/α-hetero) is 1. The van der Waals surface area contributed by atoms with E-state index >= 15 is 0 Å². The number of ether oxygens (including phenoxy) is 1. The van der Waals surface area contributed by atoms with Gasteiger partial charge in [0.2, 0.25) is 0 Å². The molecule has 0 saturated carbocycles. The summed E-state index contributed by atoms with van der Waals surface area (Å²) < 4.78 is 5.75. The maximum absolute atomic E-state index is 13.3. The molecular weight excluding hydrogens is 516 g/mol. The molecule has 0 aliphatic heterocycles. The molecule has 0 bridgehead atoms. The minimum atomic E-state index is -0.598. The lowest BCUT2D eigenvalue weighted by Crippen LogP contribution is -2.49. The topological polar surface area (TPSA) is 123 Å². The number of carbonyl (C=O) groups is 3. The largest absolute Gasteiger partial charge is 0.449 e. The van der Waals surface area contributed by atoms with Crippen molar-refractivity contribution >= 4 is 17.9 Å². The number of rotatable bonds is 13. The van der Waals surface area contributed by atoms with E-state index in [2.05, 4.69) is 47.1 Å². The van der Waals surface area contributed by atoms with Gasteiger partial charge >= 0.3 is 12.1 Å². The van der Waals surface area contributed by atoms with E-state index in [1.54, 1.807) is 24.3 Å². The Balaban J connectivity index is 1.37. The van der Waals surface area contributed by atoms with E-state index < -0.39 is 18.2 Å². The van der Waals surface area contributed by atoms with Crippen LogP contribution in [0.15, 0.2) is 72.8 Å². The molecule has 8 heteroatoms. The Labute approximate surface area is 242 Å².